The maximum Gasteiger partial charge on any atom is 0.329 e. The number of imidazole rings is 1. The zero-order valence-corrected chi connectivity index (χ0v) is 17.4. The van der Waals surface area contributed by atoms with E-state index in [1.165, 1.54) is 23.0 Å². The molecule has 0 aliphatic rings. The molecule has 0 aliphatic heterocycles. The van der Waals surface area contributed by atoms with E-state index in [1.807, 2.05) is 10.6 Å². The van der Waals surface area contributed by atoms with Gasteiger partial charge in [-0.2, -0.15) is 0 Å². The number of thioether (sulfide) groups is 1. The van der Waals surface area contributed by atoms with Crippen LogP contribution in [0.3, 0.4) is 0 Å². The minimum atomic E-state index is -0.422. The van der Waals surface area contributed by atoms with Gasteiger partial charge in [-0.25, -0.2) is 9.78 Å². The number of nitrogens with one attached hydrogen (secondary N) is 1. The molecule has 3 rings (SSSR count). The fourth-order valence-corrected chi connectivity index (χ4v) is 4.27. The van der Waals surface area contributed by atoms with Crippen molar-refractivity contribution in [3.63, 3.8) is 0 Å². The van der Waals surface area contributed by atoms with E-state index < -0.39 is 5.69 Å². The Morgan fingerprint density at radius 1 is 1.07 bits per heavy atom. The first-order valence-corrected chi connectivity index (χ1v) is 11.0. The molecule has 150 valence electrons. The molecule has 0 saturated heterocycles. The second-order valence-corrected chi connectivity index (χ2v) is 8.10. The van der Waals surface area contributed by atoms with Crippen LogP contribution in [0.4, 0.5) is 0 Å². The largest absolute Gasteiger partial charge is 0.329 e. The Morgan fingerprint density at radius 2 is 1.86 bits per heavy atom. The summed E-state index contributed by atoms with van der Waals surface area (Å²) in [5.41, 5.74) is 1.53. The van der Waals surface area contributed by atoms with Gasteiger partial charge in [0.15, 0.2) is 16.3 Å². The number of nitrogens with zero attached hydrogens (tertiary/aromatic N) is 3. The third-order valence-electron chi connectivity index (χ3n) is 4.89. The molecule has 6 nitrogen and oxygen atoms in total. The first-order valence-electron chi connectivity index (χ1n) is 9.98. The van der Waals surface area contributed by atoms with Crippen LogP contribution in [0.15, 0.2) is 45.1 Å². The topological polar surface area (TPSA) is 72.7 Å². The number of hydrogen-bond donors (Lipinski definition) is 1. The van der Waals surface area contributed by atoms with E-state index in [2.05, 4.69) is 41.2 Å². The molecule has 2 heterocycles. The van der Waals surface area contributed by atoms with Gasteiger partial charge in [0.25, 0.3) is 5.56 Å². The maximum absolute atomic E-state index is 12.5. The van der Waals surface area contributed by atoms with Gasteiger partial charge in [-0.05, 0) is 24.8 Å². The highest BCUT2D eigenvalue weighted by Gasteiger charge is 2.17. The monoisotopic (exact) mass is 400 g/mol. The molecule has 0 unspecified atom stereocenters. The minimum absolute atomic E-state index is 0.350. The summed E-state index contributed by atoms with van der Waals surface area (Å²) in [6.45, 7) is 2.93. The molecule has 0 fully saturated rings. The van der Waals surface area contributed by atoms with Gasteiger partial charge in [0.2, 0.25) is 0 Å². The fourth-order valence-electron chi connectivity index (χ4n) is 3.31. The van der Waals surface area contributed by atoms with Crippen LogP contribution in [0.2, 0.25) is 0 Å². The van der Waals surface area contributed by atoms with Crippen molar-refractivity contribution >= 4 is 22.9 Å². The fraction of sp³-hybridized carbons (Fsp3) is 0.476. The van der Waals surface area contributed by atoms with Gasteiger partial charge in [-0.3, -0.25) is 14.3 Å². The van der Waals surface area contributed by atoms with Crippen molar-refractivity contribution in [3.8, 4) is 0 Å². The van der Waals surface area contributed by atoms with Crippen molar-refractivity contribution in [2.24, 2.45) is 7.05 Å². The lowest BCUT2D eigenvalue weighted by molar-refractivity contribution is 0.562. The van der Waals surface area contributed by atoms with Crippen molar-refractivity contribution < 1.29 is 0 Å². The van der Waals surface area contributed by atoms with E-state index in [-0.39, 0.29) is 5.56 Å². The minimum Gasteiger partial charge on any atom is -0.313 e. The Hall–Kier alpha value is -2.28. The number of aromatic nitrogens is 4. The van der Waals surface area contributed by atoms with Crippen LogP contribution in [0, 0.1) is 0 Å². The van der Waals surface area contributed by atoms with Gasteiger partial charge < -0.3 is 4.57 Å². The van der Waals surface area contributed by atoms with E-state index in [0.717, 1.165) is 43.1 Å². The van der Waals surface area contributed by atoms with E-state index in [4.69, 9.17) is 0 Å². The number of unbranched alkanes of at least 4 members (excludes halogenated alkanes) is 3. The number of rotatable bonds is 10. The predicted octanol–water partition coefficient (Wildman–Crippen LogP) is 3.73. The van der Waals surface area contributed by atoms with Crippen molar-refractivity contribution in [2.45, 2.75) is 57.1 Å². The highest BCUT2D eigenvalue weighted by atomic mass is 32.2. The first kappa shape index (κ1) is 20.5. The predicted molar refractivity (Wildman–Crippen MR) is 115 cm³/mol. The molecule has 1 N–H and O–H groups in total. The molecular weight excluding hydrogens is 372 g/mol. The van der Waals surface area contributed by atoms with Crippen molar-refractivity contribution in [2.75, 3.05) is 5.75 Å². The van der Waals surface area contributed by atoms with E-state index in [9.17, 15) is 9.59 Å². The Bertz CT molecular complexity index is 1020. The summed E-state index contributed by atoms with van der Waals surface area (Å²) in [4.78, 5) is 31.4. The average molecular weight is 401 g/mol. The Morgan fingerprint density at radius 3 is 2.61 bits per heavy atom. The molecule has 0 aliphatic carbocycles. The molecule has 0 atom stereocenters. The summed E-state index contributed by atoms with van der Waals surface area (Å²) < 4.78 is 3.42. The van der Waals surface area contributed by atoms with Gasteiger partial charge >= 0.3 is 5.69 Å². The molecule has 7 heteroatoms. The summed E-state index contributed by atoms with van der Waals surface area (Å²) in [5.74, 6) is 0.916. The lowest BCUT2D eigenvalue weighted by Gasteiger charge is -2.08. The summed E-state index contributed by atoms with van der Waals surface area (Å²) >= 11 is 1.66. The molecular formula is C21H28N4O2S. The highest BCUT2D eigenvalue weighted by molar-refractivity contribution is 7.99. The number of benzene rings is 1. The highest BCUT2D eigenvalue weighted by Crippen LogP contribution is 2.23. The second-order valence-electron chi connectivity index (χ2n) is 7.03. The molecule has 0 saturated carbocycles. The zero-order chi connectivity index (χ0) is 19.9. The van der Waals surface area contributed by atoms with Crippen LogP contribution in [0.1, 0.15) is 44.6 Å². The van der Waals surface area contributed by atoms with Crippen LogP contribution in [-0.2, 0) is 20.0 Å². The zero-order valence-electron chi connectivity index (χ0n) is 16.6. The average Bonchev–Trinajstić information content (AvgIpc) is 3.07. The molecule has 1 aromatic carbocycles. The van der Waals surface area contributed by atoms with Gasteiger partial charge in [0.1, 0.15) is 0 Å². The van der Waals surface area contributed by atoms with Crippen molar-refractivity contribution in [3.05, 3.63) is 56.7 Å². The normalized spacial score (nSPS) is 11.4. The van der Waals surface area contributed by atoms with Crippen LogP contribution < -0.4 is 11.2 Å². The van der Waals surface area contributed by atoms with Gasteiger partial charge in [0.05, 0.1) is 0 Å². The molecule has 2 aromatic heterocycles. The van der Waals surface area contributed by atoms with Crippen LogP contribution in [0.25, 0.3) is 11.2 Å². The van der Waals surface area contributed by atoms with Crippen LogP contribution in [-0.4, -0.2) is 24.9 Å². The summed E-state index contributed by atoms with van der Waals surface area (Å²) in [5, 5.41) is 0.825. The third kappa shape index (κ3) is 4.76. The number of H-pyrrole nitrogens is 1. The molecule has 0 spiro atoms. The molecule has 0 bridgehead atoms. The maximum atomic E-state index is 12.5. The van der Waals surface area contributed by atoms with Gasteiger partial charge in [0, 0.05) is 19.3 Å². The Kier molecular flexibility index (Phi) is 7.14. The van der Waals surface area contributed by atoms with Crippen molar-refractivity contribution in [1.29, 1.82) is 0 Å². The van der Waals surface area contributed by atoms with Crippen molar-refractivity contribution in [1.82, 2.24) is 19.1 Å². The summed E-state index contributed by atoms with van der Waals surface area (Å²) in [7, 11) is 1.65. The SMILES string of the molecule is CCCCCCn1c(SCCCc2ccccc2)nc2c1c(=O)[nH]c(=O)n2C. The number of hydrogen-bond acceptors (Lipinski definition) is 4. The molecule has 0 radical (unpaired) electrons. The van der Waals surface area contributed by atoms with E-state index in [1.54, 1.807) is 18.8 Å². The smallest absolute Gasteiger partial charge is 0.313 e. The molecule has 28 heavy (non-hydrogen) atoms. The number of fused-ring (bicyclic) bond motifs is 1. The number of aryl methyl sites for hydroxylation is 3. The standard InChI is InChI=1S/C21H28N4O2S/c1-3-4-5-9-14-25-17-18(24(2)20(27)23-19(17)26)22-21(25)28-15-10-13-16-11-7-6-8-12-16/h6-8,11-12H,3-5,9-10,13-15H2,1-2H3,(H,23,26,27). The molecule has 3 aromatic rings. The second kappa shape index (κ2) is 9.78. The lowest BCUT2D eigenvalue weighted by Crippen LogP contribution is -2.29. The third-order valence-corrected chi connectivity index (χ3v) is 5.95. The van der Waals surface area contributed by atoms with E-state index in [0.29, 0.717) is 11.2 Å². The number of aromatic amines is 1. The molecule has 0 amide bonds. The summed E-state index contributed by atoms with van der Waals surface area (Å²) in [6.07, 6.45) is 6.52. The van der Waals surface area contributed by atoms with Crippen LogP contribution in [0.5, 0.6) is 0 Å². The lowest BCUT2D eigenvalue weighted by atomic mass is 10.1. The van der Waals surface area contributed by atoms with Gasteiger partial charge in [-0.1, -0.05) is 68.3 Å². The van der Waals surface area contributed by atoms with Crippen LogP contribution >= 0.6 is 11.8 Å². The Balaban J connectivity index is 1.79. The van der Waals surface area contributed by atoms with E-state index >= 15 is 0 Å². The quantitative estimate of drug-likeness (QED) is 0.416. The summed E-state index contributed by atoms with van der Waals surface area (Å²) in [6, 6.07) is 10.4. The van der Waals surface area contributed by atoms with Gasteiger partial charge in [-0.15, -0.1) is 0 Å². The Labute approximate surface area is 169 Å². The first-order chi connectivity index (χ1) is 13.6.